The monoisotopic (exact) mass is 100 g/mol. The summed E-state index contributed by atoms with van der Waals surface area (Å²) in [6, 6.07) is 0. The molecule has 0 fully saturated rings. The van der Waals surface area contributed by atoms with Gasteiger partial charge in [-0.2, -0.15) is 10.7 Å². The highest BCUT2D eigenvalue weighted by Gasteiger charge is 1.62. The van der Waals surface area contributed by atoms with Crippen LogP contribution in [-0.4, -0.2) is 11.4 Å². The number of nitrogens with zero attached hydrogens (tertiary/aromatic N) is 1. The van der Waals surface area contributed by atoms with Gasteiger partial charge >= 0.3 is 0 Å². The largest absolute Gasteiger partial charge is 0.274 e. The van der Waals surface area contributed by atoms with E-state index in [-0.39, 0.29) is 0 Å². The summed E-state index contributed by atoms with van der Waals surface area (Å²) in [4.78, 5) is 0. The second-order valence-electron chi connectivity index (χ2n) is 0.936. The van der Waals surface area contributed by atoms with Gasteiger partial charge in [0.05, 0.1) is 0 Å². The molecule has 0 aliphatic rings. The lowest BCUT2D eigenvalue weighted by molar-refractivity contribution is 0.172. The van der Waals surface area contributed by atoms with Crippen molar-refractivity contribution in [2.45, 2.75) is 6.42 Å². The van der Waals surface area contributed by atoms with E-state index in [2.05, 4.69) is 11.7 Å². The number of rotatable bonds is 3. The van der Waals surface area contributed by atoms with Gasteiger partial charge in [0.2, 0.25) is 0 Å². The standard InChI is InChI=1S/C4H8N2O/c1-2-3-4-5-6-7/h2,4,6-7H,1,3H2. The molecule has 0 rings (SSSR count). The Hall–Kier alpha value is -0.830. The predicted octanol–water partition coefficient (Wildman–Crippen LogP) is 0.527. The minimum absolute atomic E-state index is 0.674. The van der Waals surface area contributed by atoms with Crippen molar-refractivity contribution in [1.29, 1.82) is 0 Å². The van der Waals surface area contributed by atoms with E-state index in [4.69, 9.17) is 5.21 Å². The molecule has 0 radical (unpaired) electrons. The normalized spacial score (nSPS) is 9.29. The van der Waals surface area contributed by atoms with Crippen molar-refractivity contribution in [1.82, 2.24) is 5.59 Å². The Morgan fingerprint density at radius 1 is 1.86 bits per heavy atom. The Kier molecular flexibility index (Phi) is 4.56. The summed E-state index contributed by atoms with van der Waals surface area (Å²) in [5.41, 5.74) is 1.62. The maximum atomic E-state index is 7.81. The lowest BCUT2D eigenvalue weighted by Crippen LogP contribution is -1.93. The third-order valence-corrected chi connectivity index (χ3v) is 0.421. The Labute approximate surface area is 42.3 Å². The second-order valence-corrected chi connectivity index (χ2v) is 0.936. The van der Waals surface area contributed by atoms with Crippen LogP contribution in [0, 0.1) is 0 Å². The first-order chi connectivity index (χ1) is 3.41. The summed E-state index contributed by atoms with van der Waals surface area (Å²) in [6.07, 6.45) is 3.86. The van der Waals surface area contributed by atoms with E-state index in [1.54, 1.807) is 11.7 Å². The third-order valence-electron chi connectivity index (χ3n) is 0.421. The number of hydrogen-bond donors (Lipinski definition) is 2. The molecule has 0 aromatic carbocycles. The zero-order valence-corrected chi connectivity index (χ0v) is 3.96. The highest BCUT2D eigenvalue weighted by atomic mass is 16.5. The van der Waals surface area contributed by atoms with Gasteiger partial charge in [0.1, 0.15) is 0 Å². The van der Waals surface area contributed by atoms with Gasteiger partial charge in [-0.25, -0.2) is 0 Å². The van der Waals surface area contributed by atoms with E-state index in [9.17, 15) is 0 Å². The van der Waals surface area contributed by atoms with Crippen molar-refractivity contribution in [2.75, 3.05) is 0 Å². The molecule has 0 saturated heterocycles. The maximum absolute atomic E-state index is 7.81. The Balaban J connectivity index is 2.92. The number of nitrogens with one attached hydrogen (secondary N) is 1. The molecule has 0 aliphatic carbocycles. The van der Waals surface area contributed by atoms with E-state index in [0.29, 0.717) is 6.42 Å². The van der Waals surface area contributed by atoms with Crippen LogP contribution in [0.3, 0.4) is 0 Å². The molecular formula is C4H8N2O. The molecule has 3 nitrogen and oxygen atoms in total. The van der Waals surface area contributed by atoms with E-state index >= 15 is 0 Å². The molecule has 0 saturated carbocycles. The molecule has 3 heteroatoms. The lowest BCUT2D eigenvalue weighted by atomic mass is 10.5. The maximum Gasteiger partial charge on any atom is 0.0305 e. The van der Waals surface area contributed by atoms with Crippen LogP contribution in [0.2, 0.25) is 0 Å². The highest BCUT2D eigenvalue weighted by Crippen LogP contribution is 1.68. The van der Waals surface area contributed by atoms with E-state index < -0.39 is 0 Å². The first-order valence-corrected chi connectivity index (χ1v) is 1.93. The minimum Gasteiger partial charge on any atom is -0.274 e. The molecule has 7 heavy (non-hydrogen) atoms. The molecule has 0 spiro atoms. The van der Waals surface area contributed by atoms with Crippen LogP contribution in [-0.2, 0) is 0 Å². The minimum atomic E-state index is 0.674. The molecule has 0 aromatic rings. The van der Waals surface area contributed by atoms with Crippen molar-refractivity contribution in [3.8, 4) is 0 Å². The summed E-state index contributed by atoms with van der Waals surface area (Å²) in [5, 5.41) is 11.1. The zero-order valence-electron chi connectivity index (χ0n) is 3.96. The van der Waals surface area contributed by atoms with Crippen molar-refractivity contribution >= 4 is 6.21 Å². The van der Waals surface area contributed by atoms with Crippen molar-refractivity contribution in [3.63, 3.8) is 0 Å². The summed E-state index contributed by atoms with van der Waals surface area (Å²) in [6.45, 7) is 3.43. The fourth-order valence-electron chi connectivity index (χ4n) is 0.168. The van der Waals surface area contributed by atoms with Crippen LogP contribution < -0.4 is 5.59 Å². The van der Waals surface area contributed by atoms with Crippen LogP contribution in [0.1, 0.15) is 6.42 Å². The zero-order chi connectivity index (χ0) is 5.54. The van der Waals surface area contributed by atoms with Crippen molar-refractivity contribution in [2.24, 2.45) is 5.10 Å². The van der Waals surface area contributed by atoms with Gasteiger partial charge in [0.25, 0.3) is 0 Å². The van der Waals surface area contributed by atoms with Crippen molar-refractivity contribution in [3.05, 3.63) is 12.7 Å². The van der Waals surface area contributed by atoms with Gasteiger partial charge in [-0.05, 0) is 0 Å². The number of allylic oxidation sites excluding steroid dienone is 1. The molecule has 0 atom stereocenters. The van der Waals surface area contributed by atoms with Gasteiger partial charge in [-0.3, -0.25) is 5.21 Å². The summed E-state index contributed by atoms with van der Waals surface area (Å²) in [5.74, 6) is 0. The van der Waals surface area contributed by atoms with Crippen LogP contribution >= 0.6 is 0 Å². The van der Waals surface area contributed by atoms with Gasteiger partial charge in [-0.1, -0.05) is 6.08 Å². The van der Waals surface area contributed by atoms with Crippen LogP contribution in [0.5, 0.6) is 0 Å². The summed E-state index contributed by atoms with van der Waals surface area (Å²) < 4.78 is 0. The number of hydrogen-bond acceptors (Lipinski definition) is 3. The average molecular weight is 100 g/mol. The number of hydrazone groups is 1. The Morgan fingerprint density at radius 3 is 3.00 bits per heavy atom. The molecule has 0 bridgehead atoms. The topological polar surface area (TPSA) is 44.6 Å². The van der Waals surface area contributed by atoms with E-state index in [1.807, 2.05) is 0 Å². The molecule has 0 aliphatic heterocycles. The second kappa shape index (κ2) is 5.17. The average Bonchev–Trinajstić information content (AvgIpc) is 1.69. The fourth-order valence-corrected chi connectivity index (χ4v) is 0.168. The molecule has 40 valence electrons. The molecule has 0 aromatic heterocycles. The first-order valence-electron chi connectivity index (χ1n) is 1.93. The Bertz CT molecular complexity index is 70.1. The highest BCUT2D eigenvalue weighted by molar-refractivity contribution is 5.58. The van der Waals surface area contributed by atoms with Gasteiger partial charge in [0, 0.05) is 12.6 Å². The molecule has 2 N–H and O–H groups in total. The first kappa shape index (κ1) is 6.17. The smallest absolute Gasteiger partial charge is 0.0305 e. The summed E-state index contributed by atoms with van der Waals surface area (Å²) >= 11 is 0. The van der Waals surface area contributed by atoms with Gasteiger partial charge in [0.15, 0.2) is 0 Å². The van der Waals surface area contributed by atoms with Gasteiger partial charge < -0.3 is 0 Å². The Morgan fingerprint density at radius 2 is 2.57 bits per heavy atom. The van der Waals surface area contributed by atoms with Crippen LogP contribution in [0.25, 0.3) is 0 Å². The third kappa shape index (κ3) is 5.17. The molecular weight excluding hydrogens is 92.1 g/mol. The van der Waals surface area contributed by atoms with Crippen LogP contribution in [0.15, 0.2) is 17.8 Å². The SMILES string of the molecule is C=CCC=NNO. The van der Waals surface area contributed by atoms with Gasteiger partial charge in [-0.15, -0.1) is 6.58 Å². The quantitative estimate of drug-likeness (QED) is 0.308. The predicted molar refractivity (Wildman–Crippen MR) is 28.2 cm³/mol. The fraction of sp³-hybridized carbons (Fsp3) is 0.250. The lowest BCUT2D eigenvalue weighted by Gasteiger charge is -1.79. The molecule has 0 heterocycles. The van der Waals surface area contributed by atoms with E-state index in [0.717, 1.165) is 0 Å². The van der Waals surface area contributed by atoms with E-state index in [1.165, 1.54) is 6.21 Å². The molecule has 0 unspecified atom stereocenters. The summed E-state index contributed by atoms with van der Waals surface area (Å²) in [7, 11) is 0. The van der Waals surface area contributed by atoms with Crippen LogP contribution in [0.4, 0.5) is 0 Å². The molecule has 0 amide bonds. The van der Waals surface area contributed by atoms with Crippen molar-refractivity contribution < 1.29 is 5.21 Å².